The van der Waals surface area contributed by atoms with Gasteiger partial charge in [-0.15, -0.1) is 0 Å². The van der Waals surface area contributed by atoms with E-state index < -0.39 is 5.54 Å². The Balaban J connectivity index is 1.63. The monoisotopic (exact) mass is 444 g/mol. The Morgan fingerprint density at radius 1 is 0.939 bits per heavy atom. The summed E-state index contributed by atoms with van der Waals surface area (Å²) in [6.07, 6.45) is 0.433. The van der Waals surface area contributed by atoms with Crippen LogP contribution in [0.3, 0.4) is 0 Å². The molecule has 0 radical (unpaired) electrons. The topological polar surface area (TPSA) is 67.9 Å². The van der Waals surface area contributed by atoms with Gasteiger partial charge in [-0.25, -0.2) is 0 Å². The first kappa shape index (κ1) is 22.4. The van der Waals surface area contributed by atoms with Crippen LogP contribution < -0.4 is 14.8 Å². The molecular weight excluding hydrogens is 416 g/mol. The summed E-state index contributed by atoms with van der Waals surface area (Å²) in [7, 11) is 3.22. The summed E-state index contributed by atoms with van der Waals surface area (Å²) in [6.45, 7) is 2.48. The van der Waals surface area contributed by atoms with E-state index in [9.17, 15) is 9.59 Å². The molecule has 1 aliphatic rings. The van der Waals surface area contributed by atoms with E-state index in [1.54, 1.807) is 19.1 Å². The summed E-state index contributed by atoms with van der Waals surface area (Å²) in [6, 6.07) is 22.6. The number of nitrogens with zero attached hydrogens (tertiary/aromatic N) is 1. The van der Waals surface area contributed by atoms with Crippen LogP contribution in [0.1, 0.15) is 34.0 Å². The van der Waals surface area contributed by atoms with E-state index in [1.165, 1.54) is 0 Å². The van der Waals surface area contributed by atoms with Crippen LogP contribution in [-0.2, 0) is 24.3 Å². The molecule has 4 rings (SSSR count). The van der Waals surface area contributed by atoms with Crippen molar-refractivity contribution in [2.75, 3.05) is 14.2 Å². The van der Waals surface area contributed by atoms with E-state index in [1.807, 2.05) is 79.7 Å². The molecule has 0 aliphatic carbocycles. The lowest BCUT2D eigenvalue weighted by Crippen LogP contribution is -2.62. The molecule has 0 unspecified atom stereocenters. The van der Waals surface area contributed by atoms with Crippen LogP contribution in [0.15, 0.2) is 72.8 Å². The Bertz CT molecular complexity index is 1180. The van der Waals surface area contributed by atoms with Crippen molar-refractivity contribution in [3.05, 3.63) is 95.1 Å². The summed E-state index contributed by atoms with van der Waals surface area (Å²) >= 11 is 0. The first-order chi connectivity index (χ1) is 15.9. The lowest BCUT2D eigenvalue weighted by molar-refractivity contribution is -0.132. The third-order valence-electron chi connectivity index (χ3n) is 6.17. The van der Waals surface area contributed by atoms with Crippen LogP contribution in [0.5, 0.6) is 11.5 Å². The number of rotatable bonds is 7. The van der Waals surface area contributed by atoms with E-state index in [2.05, 4.69) is 5.32 Å². The van der Waals surface area contributed by atoms with Crippen LogP contribution in [0.25, 0.3) is 0 Å². The SMILES string of the molecule is COc1cccc(CNC(=O)[C@@]2(C)Cc3ccccc3C(=O)N2Cc2cccc(OC)c2)c1. The van der Waals surface area contributed by atoms with Gasteiger partial charge in [0.05, 0.1) is 14.2 Å². The number of ether oxygens (including phenoxy) is 2. The highest BCUT2D eigenvalue weighted by Gasteiger charge is 2.46. The predicted molar refractivity (Wildman–Crippen MR) is 126 cm³/mol. The quantitative estimate of drug-likeness (QED) is 0.599. The molecule has 1 N–H and O–H groups in total. The van der Waals surface area contributed by atoms with Gasteiger partial charge in [-0.1, -0.05) is 42.5 Å². The number of amides is 2. The van der Waals surface area contributed by atoms with E-state index in [0.29, 0.717) is 30.8 Å². The highest BCUT2D eigenvalue weighted by molar-refractivity contribution is 6.02. The highest BCUT2D eigenvalue weighted by atomic mass is 16.5. The molecule has 0 bridgehead atoms. The molecule has 0 saturated heterocycles. The largest absolute Gasteiger partial charge is 0.497 e. The maximum atomic E-state index is 13.6. The number of benzene rings is 3. The van der Waals surface area contributed by atoms with Crippen LogP contribution in [-0.4, -0.2) is 36.5 Å². The van der Waals surface area contributed by atoms with E-state index >= 15 is 0 Å². The van der Waals surface area contributed by atoms with Crippen molar-refractivity contribution in [1.82, 2.24) is 10.2 Å². The molecule has 3 aromatic carbocycles. The fourth-order valence-corrected chi connectivity index (χ4v) is 4.28. The fourth-order valence-electron chi connectivity index (χ4n) is 4.28. The van der Waals surface area contributed by atoms with E-state index in [4.69, 9.17) is 9.47 Å². The van der Waals surface area contributed by atoms with Gasteiger partial charge in [-0.2, -0.15) is 0 Å². The minimum Gasteiger partial charge on any atom is -0.497 e. The average Bonchev–Trinajstić information content (AvgIpc) is 2.85. The van der Waals surface area contributed by atoms with Crippen molar-refractivity contribution < 1.29 is 19.1 Å². The summed E-state index contributed by atoms with van der Waals surface area (Å²) in [4.78, 5) is 28.8. The molecule has 33 heavy (non-hydrogen) atoms. The maximum Gasteiger partial charge on any atom is 0.255 e. The normalized spacial score (nSPS) is 17.3. The molecule has 0 aromatic heterocycles. The minimum atomic E-state index is -1.05. The van der Waals surface area contributed by atoms with Crippen molar-refractivity contribution in [3.63, 3.8) is 0 Å². The lowest BCUT2D eigenvalue weighted by atomic mass is 9.82. The fraction of sp³-hybridized carbons (Fsp3) is 0.259. The third-order valence-corrected chi connectivity index (χ3v) is 6.17. The minimum absolute atomic E-state index is 0.154. The van der Waals surface area contributed by atoms with Gasteiger partial charge in [-0.3, -0.25) is 9.59 Å². The molecule has 0 fully saturated rings. The number of hydrogen-bond donors (Lipinski definition) is 1. The Morgan fingerprint density at radius 3 is 2.27 bits per heavy atom. The summed E-state index contributed by atoms with van der Waals surface area (Å²) in [5, 5.41) is 3.04. The third kappa shape index (κ3) is 4.55. The van der Waals surface area contributed by atoms with Crippen molar-refractivity contribution in [2.24, 2.45) is 0 Å². The van der Waals surface area contributed by atoms with Crippen molar-refractivity contribution in [3.8, 4) is 11.5 Å². The molecule has 170 valence electrons. The zero-order valence-corrected chi connectivity index (χ0v) is 19.1. The van der Waals surface area contributed by atoms with Gasteiger partial charge in [0.2, 0.25) is 5.91 Å². The number of nitrogens with one attached hydrogen (secondary N) is 1. The summed E-state index contributed by atoms with van der Waals surface area (Å²) in [5.74, 6) is 1.09. The molecule has 6 nitrogen and oxygen atoms in total. The smallest absolute Gasteiger partial charge is 0.255 e. The van der Waals surface area contributed by atoms with Gasteiger partial charge in [-0.05, 0) is 53.9 Å². The molecule has 6 heteroatoms. The Morgan fingerprint density at radius 2 is 1.58 bits per heavy atom. The second-order valence-corrected chi connectivity index (χ2v) is 8.38. The number of hydrogen-bond acceptors (Lipinski definition) is 4. The van der Waals surface area contributed by atoms with Gasteiger partial charge >= 0.3 is 0 Å². The average molecular weight is 445 g/mol. The summed E-state index contributed by atoms with van der Waals surface area (Å²) in [5.41, 5.74) is 2.29. The zero-order chi connectivity index (χ0) is 23.4. The van der Waals surface area contributed by atoms with Gasteiger partial charge in [0, 0.05) is 25.1 Å². The predicted octanol–water partition coefficient (Wildman–Crippen LogP) is 3.98. The van der Waals surface area contributed by atoms with Crippen LogP contribution in [0.4, 0.5) is 0 Å². The second-order valence-electron chi connectivity index (χ2n) is 8.38. The van der Waals surface area contributed by atoms with Gasteiger partial charge in [0.1, 0.15) is 17.0 Å². The first-order valence-electron chi connectivity index (χ1n) is 10.9. The maximum absolute atomic E-state index is 13.6. The number of carbonyl (C=O) groups is 2. The molecule has 0 spiro atoms. The Hall–Kier alpha value is -3.80. The molecular formula is C27H28N2O4. The Kier molecular flexibility index (Phi) is 6.36. The standard InChI is InChI=1S/C27H28N2O4/c1-27(26(31)28-17-19-8-6-11-22(14-19)32-2)16-21-10-4-5-13-24(21)25(30)29(27)18-20-9-7-12-23(15-20)33-3/h4-15H,16-18H2,1-3H3,(H,28,31)/t27-/m1/s1. The molecule has 1 aliphatic heterocycles. The van der Waals surface area contributed by atoms with Gasteiger partial charge < -0.3 is 19.7 Å². The van der Waals surface area contributed by atoms with Gasteiger partial charge in [0.15, 0.2) is 0 Å². The Labute approximate surface area is 194 Å². The molecule has 1 atom stereocenters. The number of methoxy groups -OCH3 is 2. The van der Waals surface area contributed by atoms with E-state index in [-0.39, 0.29) is 11.8 Å². The van der Waals surface area contributed by atoms with Gasteiger partial charge in [0.25, 0.3) is 5.91 Å². The first-order valence-corrected chi connectivity index (χ1v) is 10.9. The van der Waals surface area contributed by atoms with Crippen molar-refractivity contribution >= 4 is 11.8 Å². The van der Waals surface area contributed by atoms with Crippen molar-refractivity contribution in [1.29, 1.82) is 0 Å². The summed E-state index contributed by atoms with van der Waals surface area (Å²) < 4.78 is 10.6. The molecule has 1 heterocycles. The molecule has 0 saturated carbocycles. The lowest BCUT2D eigenvalue weighted by Gasteiger charge is -2.44. The number of carbonyl (C=O) groups excluding carboxylic acids is 2. The highest BCUT2D eigenvalue weighted by Crippen LogP contribution is 2.33. The van der Waals surface area contributed by atoms with Crippen LogP contribution >= 0.6 is 0 Å². The van der Waals surface area contributed by atoms with Crippen molar-refractivity contribution in [2.45, 2.75) is 32.0 Å². The molecule has 3 aromatic rings. The number of fused-ring (bicyclic) bond motifs is 1. The zero-order valence-electron chi connectivity index (χ0n) is 19.1. The van der Waals surface area contributed by atoms with Crippen LogP contribution in [0.2, 0.25) is 0 Å². The molecule has 2 amide bonds. The second kappa shape index (κ2) is 9.36. The van der Waals surface area contributed by atoms with Crippen LogP contribution in [0, 0.1) is 0 Å². The van der Waals surface area contributed by atoms with E-state index in [0.717, 1.165) is 22.4 Å².